The van der Waals surface area contributed by atoms with Crippen LogP contribution in [0, 0.1) is 0 Å². The van der Waals surface area contributed by atoms with Crippen molar-refractivity contribution in [2.24, 2.45) is 0 Å². The van der Waals surface area contributed by atoms with Crippen molar-refractivity contribution in [2.75, 3.05) is 0 Å². The molecular weight excluding hydrogens is 661 g/mol. The van der Waals surface area contributed by atoms with Gasteiger partial charge >= 0.3 is 0 Å². The van der Waals surface area contributed by atoms with Gasteiger partial charge in [0.1, 0.15) is 8.07 Å². The van der Waals surface area contributed by atoms with Crippen LogP contribution >= 0.6 is 0 Å². The maximum atomic E-state index is 5.46. The van der Waals surface area contributed by atoms with Crippen LogP contribution in [0.5, 0.6) is 0 Å². The molecule has 0 atom stereocenters. The third-order valence-corrected chi connectivity index (χ3v) is 14.8. The van der Waals surface area contributed by atoms with Gasteiger partial charge in [-0.05, 0) is 76.6 Å². The molecule has 7 aromatic carbocycles. The van der Waals surface area contributed by atoms with Crippen molar-refractivity contribution in [3.8, 4) is 45.3 Å². The molecule has 10 aromatic rings. The summed E-state index contributed by atoms with van der Waals surface area (Å²) in [5.74, 6) is 0.750. The van der Waals surface area contributed by atoms with E-state index in [0.29, 0.717) is 0 Å². The fraction of sp³-hybridized carbons (Fsp3) is 0.0417. The Morgan fingerprint density at radius 2 is 0.792 bits per heavy atom. The van der Waals surface area contributed by atoms with E-state index in [2.05, 4.69) is 192 Å². The Bertz CT molecular complexity index is 2970. The molecule has 0 aliphatic carbocycles. The summed E-state index contributed by atoms with van der Waals surface area (Å²) in [5, 5.41) is 7.78. The van der Waals surface area contributed by atoms with Crippen LogP contribution in [0.25, 0.3) is 88.9 Å². The molecule has 5 heteroatoms. The van der Waals surface area contributed by atoms with Gasteiger partial charge in [0.05, 0.1) is 33.5 Å². The number of benzene rings is 7. The number of aromatic nitrogens is 4. The first-order chi connectivity index (χ1) is 26.1. The van der Waals surface area contributed by atoms with E-state index < -0.39 is 8.07 Å². The topological polar surface area (TPSA) is 35.6 Å². The first kappa shape index (κ1) is 30.1. The van der Waals surface area contributed by atoms with Gasteiger partial charge in [-0.3, -0.25) is 0 Å². The van der Waals surface area contributed by atoms with E-state index in [0.717, 1.165) is 39.7 Å². The molecule has 0 N–H and O–H groups in total. The second-order valence-electron chi connectivity index (χ2n) is 14.6. The van der Waals surface area contributed by atoms with E-state index in [9.17, 15) is 0 Å². The zero-order valence-electron chi connectivity index (χ0n) is 29.5. The summed E-state index contributed by atoms with van der Waals surface area (Å²) in [5.41, 5.74) is 12.6. The van der Waals surface area contributed by atoms with Gasteiger partial charge < -0.3 is 9.13 Å². The zero-order chi connectivity index (χ0) is 35.3. The second kappa shape index (κ2) is 11.2. The highest BCUT2D eigenvalue weighted by Crippen LogP contribution is 2.37. The summed E-state index contributed by atoms with van der Waals surface area (Å²) in [6.45, 7) is 4.88. The largest absolute Gasteiger partial charge is 0.309 e. The van der Waals surface area contributed by atoms with Crippen LogP contribution in [0.2, 0.25) is 13.1 Å². The lowest BCUT2D eigenvalue weighted by molar-refractivity contribution is 1.17. The lowest BCUT2D eigenvalue weighted by Crippen LogP contribution is -2.50. The minimum Gasteiger partial charge on any atom is -0.309 e. The Balaban J connectivity index is 1.07. The summed E-state index contributed by atoms with van der Waals surface area (Å²) in [6, 6.07) is 61.3. The number of rotatable bonds is 4. The van der Waals surface area contributed by atoms with Gasteiger partial charge in [0.2, 0.25) is 0 Å². The summed E-state index contributed by atoms with van der Waals surface area (Å²) >= 11 is 0. The first-order valence-corrected chi connectivity index (χ1v) is 21.3. The molecular formula is C48H34N4Si. The number of fused-ring (bicyclic) bond motifs is 9. The lowest BCUT2D eigenvalue weighted by atomic mass is 10.1. The summed E-state index contributed by atoms with van der Waals surface area (Å²) in [6.07, 6.45) is 0. The average molecular weight is 695 g/mol. The smallest absolute Gasteiger partial charge is 0.160 e. The van der Waals surface area contributed by atoms with Crippen LogP contribution < -0.4 is 10.4 Å². The Hall–Kier alpha value is -6.56. The van der Waals surface area contributed by atoms with Gasteiger partial charge in [-0.15, -0.1) is 0 Å². The monoisotopic (exact) mass is 694 g/mol. The molecule has 250 valence electrons. The predicted octanol–water partition coefficient (Wildman–Crippen LogP) is 10.8. The Kier molecular flexibility index (Phi) is 6.37. The molecule has 1 aliphatic heterocycles. The van der Waals surface area contributed by atoms with Gasteiger partial charge in [0, 0.05) is 44.0 Å². The Morgan fingerprint density at radius 3 is 1.28 bits per heavy atom. The number of nitrogens with zero attached hydrogens (tertiary/aromatic N) is 4. The normalized spacial score (nSPS) is 13.2. The van der Waals surface area contributed by atoms with E-state index in [1.54, 1.807) is 0 Å². The molecule has 0 saturated heterocycles. The van der Waals surface area contributed by atoms with Crippen molar-refractivity contribution in [3.63, 3.8) is 0 Å². The average Bonchev–Trinajstić information content (AvgIpc) is 3.81. The summed E-state index contributed by atoms with van der Waals surface area (Å²) < 4.78 is 4.73. The van der Waals surface area contributed by atoms with Crippen LogP contribution in [0.1, 0.15) is 0 Å². The van der Waals surface area contributed by atoms with E-state index in [4.69, 9.17) is 9.97 Å². The van der Waals surface area contributed by atoms with E-state index in [1.807, 2.05) is 0 Å². The third-order valence-electron chi connectivity index (χ3n) is 11.3. The SMILES string of the molecule is C[Si]1(C)c2ccccc2-c2nc(-c3ccc(-n4c5ccccc5c5ccccc54)cc3)nc(-c3ccc(-n4c5ccccc5c5ccccc54)cc3)c21. The van der Waals surface area contributed by atoms with E-state index in [1.165, 1.54) is 59.5 Å². The minimum atomic E-state index is -2.10. The summed E-state index contributed by atoms with van der Waals surface area (Å²) in [7, 11) is -2.10. The molecule has 4 nitrogen and oxygen atoms in total. The molecule has 53 heavy (non-hydrogen) atoms. The highest BCUT2D eigenvalue weighted by atomic mass is 28.3. The van der Waals surface area contributed by atoms with Crippen molar-refractivity contribution >= 4 is 62.1 Å². The maximum absolute atomic E-state index is 5.46. The van der Waals surface area contributed by atoms with Crippen LogP contribution in [-0.4, -0.2) is 27.2 Å². The van der Waals surface area contributed by atoms with Crippen LogP contribution in [-0.2, 0) is 0 Å². The van der Waals surface area contributed by atoms with E-state index in [-0.39, 0.29) is 0 Å². The van der Waals surface area contributed by atoms with E-state index >= 15 is 0 Å². The first-order valence-electron chi connectivity index (χ1n) is 18.3. The van der Waals surface area contributed by atoms with Crippen molar-refractivity contribution in [2.45, 2.75) is 13.1 Å². The summed E-state index contributed by atoms with van der Waals surface area (Å²) in [4.78, 5) is 10.8. The number of hydrogen-bond donors (Lipinski definition) is 0. The molecule has 3 aromatic heterocycles. The molecule has 1 aliphatic rings. The molecule has 4 heterocycles. The molecule has 11 rings (SSSR count). The van der Waals surface area contributed by atoms with Gasteiger partial charge in [-0.25, -0.2) is 9.97 Å². The number of para-hydroxylation sites is 4. The quantitative estimate of drug-likeness (QED) is 0.172. The third kappa shape index (κ3) is 4.35. The Morgan fingerprint density at radius 1 is 0.396 bits per heavy atom. The van der Waals surface area contributed by atoms with Crippen molar-refractivity contribution < 1.29 is 0 Å². The molecule has 0 unspecified atom stereocenters. The van der Waals surface area contributed by atoms with Crippen LogP contribution in [0.3, 0.4) is 0 Å². The fourth-order valence-electron chi connectivity index (χ4n) is 8.88. The highest BCUT2D eigenvalue weighted by molar-refractivity contribution is 7.04. The standard InChI is InChI=1S/C48H34N4Si/c1-53(2)44-22-12-7-17-39(44)46-47(53)45(31-23-27-33(28-24-31)51-40-18-8-3-13-35(40)36-14-4-9-19-41(36)51)49-48(50-46)32-25-29-34(30-26-32)52-42-20-10-5-15-37(42)38-16-6-11-21-43(38)52/h3-30H,1-2H3. The maximum Gasteiger partial charge on any atom is 0.160 e. The second-order valence-corrected chi connectivity index (χ2v) is 18.9. The number of hydrogen-bond acceptors (Lipinski definition) is 2. The minimum absolute atomic E-state index is 0.750. The zero-order valence-corrected chi connectivity index (χ0v) is 30.5. The molecule has 0 amide bonds. The molecule has 0 saturated carbocycles. The lowest BCUT2D eigenvalue weighted by Gasteiger charge is -2.22. The molecule has 0 spiro atoms. The van der Waals surface area contributed by atoms with Crippen molar-refractivity contribution in [1.29, 1.82) is 0 Å². The molecule has 0 fully saturated rings. The Labute approximate surface area is 308 Å². The predicted molar refractivity (Wildman–Crippen MR) is 224 cm³/mol. The molecule has 0 bridgehead atoms. The van der Waals surface area contributed by atoms with Gasteiger partial charge in [-0.1, -0.05) is 122 Å². The van der Waals surface area contributed by atoms with Crippen LogP contribution in [0.15, 0.2) is 170 Å². The molecule has 0 radical (unpaired) electrons. The fourth-order valence-corrected chi connectivity index (χ4v) is 12.1. The van der Waals surface area contributed by atoms with Crippen LogP contribution in [0.4, 0.5) is 0 Å². The van der Waals surface area contributed by atoms with Crippen molar-refractivity contribution in [1.82, 2.24) is 19.1 Å². The van der Waals surface area contributed by atoms with Gasteiger partial charge in [0.15, 0.2) is 5.82 Å². The van der Waals surface area contributed by atoms with Gasteiger partial charge in [-0.2, -0.15) is 0 Å². The van der Waals surface area contributed by atoms with Gasteiger partial charge in [0.25, 0.3) is 0 Å². The highest BCUT2D eigenvalue weighted by Gasteiger charge is 2.41. The van der Waals surface area contributed by atoms with Crippen molar-refractivity contribution in [3.05, 3.63) is 170 Å².